The molecule has 0 bridgehead atoms. The van der Waals surface area contributed by atoms with E-state index >= 15 is 0 Å². The number of hydrogen-bond acceptors (Lipinski definition) is 4. The summed E-state index contributed by atoms with van der Waals surface area (Å²) in [6.45, 7) is 0.681. The van der Waals surface area contributed by atoms with Crippen molar-refractivity contribution in [3.05, 3.63) is 23.9 Å². The summed E-state index contributed by atoms with van der Waals surface area (Å²) in [5.74, 6) is 5.84. The summed E-state index contributed by atoms with van der Waals surface area (Å²) in [6.07, 6.45) is 6.58. The minimum absolute atomic E-state index is 0.335. The van der Waals surface area contributed by atoms with Gasteiger partial charge < -0.3 is 4.74 Å². The van der Waals surface area contributed by atoms with Crippen molar-refractivity contribution in [2.24, 2.45) is 11.8 Å². The second kappa shape index (κ2) is 5.63. The van der Waals surface area contributed by atoms with Crippen LogP contribution >= 0.6 is 0 Å². The Balaban J connectivity index is 1.93. The lowest BCUT2D eigenvalue weighted by atomic mass is 10.1. The predicted molar refractivity (Wildman–Crippen MR) is 63.3 cm³/mol. The molecule has 1 saturated carbocycles. The second-order valence-corrected chi connectivity index (χ2v) is 4.32. The number of hydrazine groups is 1. The highest BCUT2D eigenvalue weighted by Crippen LogP contribution is 2.25. The number of ether oxygens (including phenoxy) is 1. The molecule has 1 aromatic heterocycles. The van der Waals surface area contributed by atoms with Crippen LogP contribution < -0.4 is 16.0 Å². The fourth-order valence-corrected chi connectivity index (χ4v) is 2.09. The summed E-state index contributed by atoms with van der Waals surface area (Å²) in [7, 11) is 0. The van der Waals surface area contributed by atoms with Crippen molar-refractivity contribution in [3.63, 3.8) is 0 Å². The van der Waals surface area contributed by atoms with Crippen LogP contribution in [0.15, 0.2) is 18.3 Å². The summed E-state index contributed by atoms with van der Waals surface area (Å²) in [4.78, 5) is 15.4. The Morgan fingerprint density at radius 2 is 2.29 bits per heavy atom. The topological polar surface area (TPSA) is 77.2 Å². The predicted octanol–water partition coefficient (Wildman–Crippen LogP) is 1.25. The summed E-state index contributed by atoms with van der Waals surface area (Å²) in [6, 6.07) is 3.21. The number of pyridine rings is 1. The number of rotatable bonds is 4. The first kappa shape index (κ1) is 11.9. The fourth-order valence-electron chi connectivity index (χ4n) is 2.09. The molecular weight excluding hydrogens is 218 g/mol. The highest BCUT2D eigenvalue weighted by molar-refractivity contribution is 5.93. The molecule has 17 heavy (non-hydrogen) atoms. The fraction of sp³-hybridized carbons (Fsp3) is 0.500. The van der Waals surface area contributed by atoms with E-state index in [4.69, 9.17) is 10.6 Å². The van der Waals surface area contributed by atoms with Gasteiger partial charge in [-0.05, 0) is 24.8 Å². The number of carbonyl (C=O) groups is 1. The molecule has 1 heterocycles. The summed E-state index contributed by atoms with van der Waals surface area (Å²) in [5.41, 5.74) is 2.55. The van der Waals surface area contributed by atoms with Gasteiger partial charge in [0.25, 0.3) is 5.91 Å². The molecule has 1 fully saturated rings. The van der Waals surface area contributed by atoms with Crippen LogP contribution in [0.2, 0.25) is 0 Å². The minimum atomic E-state index is -0.335. The third-order valence-corrected chi connectivity index (χ3v) is 3.07. The average molecular weight is 235 g/mol. The molecule has 1 aliphatic carbocycles. The quantitative estimate of drug-likeness (QED) is 0.468. The molecule has 0 atom stereocenters. The Morgan fingerprint density at radius 3 is 3.00 bits per heavy atom. The maximum absolute atomic E-state index is 11.3. The zero-order valence-corrected chi connectivity index (χ0v) is 9.69. The molecule has 0 aromatic carbocycles. The lowest BCUT2D eigenvalue weighted by molar-refractivity contribution is 0.0953. The van der Waals surface area contributed by atoms with E-state index in [0.29, 0.717) is 24.0 Å². The van der Waals surface area contributed by atoms with Crippen LogP contribution in [-0.2, 0) is 0 Å². The standard InChI is InChI=1S/C12H17N3O2/c13-15-12(16)10-5-6-14-11(7-10)17-8-9-3-1-2-4-9/h5-7,9H,1-4,8,13H2,(H,15,16). The molecule has 3 N–H and O–H groups in total. The van der Waals surface area contributed by atoms with Gasteiger partial charge in [-0.15, -0.1) is 0 Å². The van der Waals surface area contributed by atoms with Gasteiger partial charge in [-0.2, -0.15) is 0 Å². The van der Waals surface area contributed by atoms with E-state index in [9.17, 15) is 4.79 Å². The second-order valence-electron chi connectivity index (χ2n) is 4.32. The van der Waals surface area contributed by atoms with E-state index in [-0.39, 0.29) is 5.91 Å². The van der Waals surface area contributed by atoms with Crippen LogP contribution in [0.3, 0.4) is 0 Å². The summed E-state index contributed by atoms with van der Waals surface area (Å²) < 4.78 is 5.59. The molecule has 1 amide bonds. The SMILES string of the molecule is NNC(=O)c1ccnc(OCC2CCCC2)c1. The Bertz CT molecular complexity index is 389. The zero-order chi connectivity index (χ0) is 12.1. The molecule has 92 valence electrons. The Morgan fingerprint density at radius 1 is 1.53 bits per heavy atom. The number of nitrogens with one attached hydrogen (secondary N) is 1. The maximum atomic E-state index is 11.3. The van der Waals surface area contributed by atoms with E-state index in [1.54, 1.807) is 18.3 Å². The smallest absolute Gasteiger partial charge is 0.265 e. The molecule has 0 aliphatic heterocycles. The Hall–Kier alpha value is -1.62. The molecule has 0 unspecified atom stereocenters. The lowest BCUT2D eigenvalue weighted by Crippen LogP contribution is -2.30. The summed E-state index contributed by atoms with van der Waals surface area (Å²) in [5, 5.41) is 0. The van der Waals surface area contributed by atoms with E-state index in [1.165, 1.54) is 25.7 Å². The number of amides is 1. The largest absolute Gasteiger partial charge is 0.477 e. The zero-order valence-electron chi connectivity index (χ0n) is 9.69. The van der Waals surface area contributed by atoms with Gasteiger partial charge in [-0.25, -0.2) is 10.8 Å². The first-order valence-corrected chi connectivity index (χ1v) is 5.89. The number of nitrogens with zero attached hydrogens (tertiary/aromatic N) is 1. The summed E-state index contributed by atoms with van der Waals surface area (Å²) >= 11 is 0. The van der Waals surface area contributed by atoms with Gasteiger partial charge in [0.05, 0.1) is 6.61 Å². The molecule has 5 heteroatoms. The van der Waals surface area contributed by atoms with Gasteiger partial charge in [0.1, 0.15) is 0 Å². The first-order chi connectivity index (χ1) is 8.29. The van der Waals surface area contributed by atoms with E-state index in [1.807, 2.05) is 0 Å². The molecule has 0 radical (unpaired) electrons. The van der Waals surface area contributed by atoms with Gasteiger partial charge >= 0.3 is 0 Å². The van der Waals surface area contributed by atoms with Crippen LogP contribution in [0, 0.1) is 5.92 Å². The number of aromatic nitrogens is 1. The van der Waals surface area contributed by atoms with Gasteiger partial charge in [-0.1, -0.05) is 12.8 Å². The number of carbonyl (C=O) groups excluding carboxylic acids is 1. The van der Waals surface area contributed by atoms with Gasteiger partial charge in [0.15, 0.2) is 0 Å². The van der Waals surface area contributed by atoms with E-state index < -0.39 is 0 Å². The Kier molecular flexibility index (Phi) is 3.93. The van der Waals surface area contributed by atoms with Gasteiger partial charge in [0, 0.05) is 17.8 Å². The average Bonchev–Trinajstić information content (AvgIpc) is 2.89. The third kappa shape index (κ3) is 3.17. The molecule has 2 rings (SSSR count). The number of nitrogen functional groups attached to an aromatic ring is 1. The molecule has 0 spiro atoms. The van der Waals surface area contributed by atoms with Crippen molar-refractivity contribution in [2.75, 3.05) is 6.61 Å². The van der Waals surface area contributed by atoms with Gasteiger partial charge in [0.2, 0.25) is 5.88 Å². The van der Waals surface area contributed by atoms with Crippen molar-refractivity contribution in [2.45, 2.75) is 25.7 Å². The highest BCUT2D eigenvalue weighted by atomic mass is 16.5. The monoisotopic (exact) mass is 235 g/mol. The Labute approximate surface area is 100 Å². The molecular formula is C12H17N3O2. The highest BCUT2D eigenvalue weighted by Gasteiger charge is 2.16. The normalized spacial score (nSPS) is 15.8. The van der Waals surface area contributed by atoms with Crippen molar-refractivity contribution in [3.8, 4) is 5.88 Å². The third-order valence-electron chi connectivity index (χ3n) is 3.07. The molecule has 1 aromatic rings. The van der Waals surface area contributed by atoms with E-state index in [2.05, 4.69) is 10.4 Å². The van der Waals surface area contributed by atoms with Crippen LogP contribution in [0.25, 0.3) is 0 Å². The maximum Gasteiger partial charge on any atom is 0.265 e. The van der Waals surface area contributed by atoms with Gasteiger partial charge in [-0.3, -0.25) is 10.2 Å². The minimum Gasteiger partial charge on any atom is -0.477 e. The van der Waals surface area contributed by atoms with Crippen LogP contribution in [0.4, 0.5) is 0 Å². The van der Waals surface area contributed by atoms with Crippen LogP contribution in [0.1, 0.15) is 36.0 Å². The van der Waals surface area contributed by atoms with E-state index in [0.717, 1.165) is 0 Å². The van der Waals surface area contributed by atoms with Crippen molar-refractivity contribution >= 4 is 5.91 Å². The van der Waals surface area contributed by atoms with Crippen molar-refractivity contribution in [1.29, 1.82) is 0 Å². The molecule has 5 nitrogen and oxygen atoms in total. The van der Waals surface area contributed by atoms with Crippen molar-refractivity contribution < 1.29 is 9.53 Å². The number of hydrogen-bond donors (Lipinski definition) is 2. The molecule has 1 aliphatic rings. The number of nitrogens with two attached hydrogens (primary N) is 1. The lowest BCUT2D eigenvalue weighted by Gasteiger charge is -2.10. The van der Waals surface area contributed by atoms with Crippen LogP contribution in [0.5, 0.6) is 5.88 Å². The van der Waals surface area contributed by atoms with Crippen molar-refractivity contribution in [1.82, 2.24) is 10.4 Å². The van der Waals surface area contributed by atoms with Crippen LogP contribution in [-0.4, -0.2) is 17.5 Å². The molecule has 0 saturated heterocycles. The first-order valence-electron chi connectivity index (χ1n) is 5.89.